The molecular formula is C25H28N2O2. The van der Waals surface area contributed by atoms with Crippen molar-refractivity contribution in [2.75, 3.05) is 0 Å². The van der Waals surface area contributed by atoms with Crippen LogP contribution in [0.2, 0.25) is 0 Å². The Morgan fingerprint density at radius 1 is 0.828 bits per heavy atom. The van der Waals surface area contributed by atoms with E-state index in [1.165, 1.54) is 0 Å². The van der Waals surface area contributed by atoms with Crippen molar-refractivity contribution in [2.24, 2.45) is 0 Å². The molecule has 0 aromatic heterocycles. The summed E-state index contributed by atoms with van der Waals surface area (Å²) in [6.45, 7) is 7.88. The van der Waals surface area contributed by atoms with E-state index in [1.54, 1.807) is 12.1 Å². The molecule has 29 heavy (non-hydrogen) atoms. The molecule has 1 atom stereocenters. The lowest BCUT2D eigenvalue weighted by molar-refractivity contribution is -0.138. The third-order valence-electron chi connectivity index (χ3n) is 5.14. The van der Waals surface area contributed by atoms with Gasteiger partial charge in [-0.15, -0.1) is 0 Å². The Bertz CT molecular complexity index is 967. The van der Waals surface area contributed by atoms with Gasteiger partial charge in [-0.1, -0.05) is 89.5 Å². The highest BCUT2D eigenvalue weighted by Gasteiger charge is 2.40. The van der Waals surface area contributed by atoms with Gasteiger partial charge in [-0.2, -0.15) is 0 Å². The van der Waals surface area contributed by atoms with E-state index in [9.17, 15) is 9.90 Å². The van der Waals surface area contributed by atoms with Crippen molar-refractivity contribution in [3.8, 4) is 0 Å². The fraction of sp³-hybridized carbons (Fsp3) is 0.240. The van der Waals surface area contributed by atoms with Crippen LogP contribution in [0.4, 0.5) is 0 Å². The average molecular weight is 389 g/mol. The highest BCUT2D eigenvalue weighted by molar-refractivity contribution is 5.89. The number of hydrogen-bond acceptors (Lipinski definition) is 3. The molecule has 0 aliphatic carbocycles. The molecule has 0 spiro atoms. The first-order valence-electron chi connectivity index (χ1n) is 9.80. The Labute approximate surface area is 172 Å². The second-order valence-corrected chi connectivity index (χ2v) is 7.68. The quantitative estimate of drug-likeness (QED) is 0.554. The first-order valence-corrected chi connectivity index (χ1v) is 9.80. The Balaban J connectivity index is 1.91. The molecule has 0 fully saturated rings. The molecule has 3 aromatic rings. The lowest BCUT2D eigenvalue weighted by Crippen LogP contribution is -2.51. The Kier molecular flexibility index (Phi) is 6.16. The minimum atomic E-state index is -1.81. The third kappa shape index (κ3) is 4.56. The van der Waals surface area contributed by atoms with E-state index in [1.807, 2.05) is 82.3 Å². The van der Waals surface area contributed by atoms with E-state index in [2.05, 4.69) is 16.9 Å². The standard InChI is InChI=1S/C25H28N2O2/c1-17-8-5-11-21(14-17)20(4)26-27-24(28)25(29,22-12-6-9-18(2)15-22)23-13-7-10-19(3)16-23/h5-16,20,26,29H,1-4H3,(H,27,28)/t20-/m0/s1. The van der Waals surface area contributed by atoms with Gasteiger partial charge in [0.15, 0.2) is 5.60 Å². The number of carbonyl (C=O) groups excluding carboxylic acids is 1. The van der Waals surface area contributed by atoms with Gasteiger partial charge in [0, 0.05) is 6.04 Å². The summed E-state index contributed by atoms with van der Waals surface area (Å²) in [4.78, 5) is 13.3. The summed E-state index contributed by atoms with van der Waals surface area (Å²) in [5.74, 6) is -0.520. The predicted molar refractivity (Wildman–Crippen MR) is 116 cm³/mol. The summed E-state index contributed by atoms with van der Waals surface area (Å²) in [5.41, 5.74) is 9.19. The molecule has 3 N–H and O–H groups in total. The van der Waals surface area contributed by atoms with Crippen LogP contribution in [0.3, 0.4) is 0 Å². The summed E-state index contributed by atoms with van der Waals surface area (Å²) < 4.78 is 0. The maximum Gasteiger partial charge on any atom is 0.275 e. The van der Waals surface area contributed by atoms with E-state index in [0.717, 1.165) is 22.3 Å². The van der Waals surface area contributed by atoms with Crippen LogP contribution in [0, 0.1) is 20.8 Å². The monoisotopic (exact) mass is 388 g/mol. The number of hydrogen-bond donors (Lipinski definition) is 3. The van der Waals surface area contributed by atoms with Crippen molar-refractivity contribution in [3.05, 3.63) is 106 Å². The molecular weight excluding hydrogens is 360 g/mol. The summed E-state index contributed by atoms with van der Waals surface area (Å²) in [6.07, 6.45) is 0. The van der Waals surface area contributed by atoms with Crippen LogP contribution in [-0.4, -0.2) is 11.0 Å². The van der Waals surface area contributed by atoms with Gasteiger partial charge in [-0.25, -0.2) is 5.43 Å². The first kappa shape index (κ1) is 20.8. The fourth-order valence-corrected chi connectivity index (χ4v) is 3.46. The molecule has 3 aromatic carbocycles. The Morgan fingerprint density at radius 3 is 1.79 bits per heavy atom. The first-order chi connectivity index (χ1) is 13.8. The molecule has 0 bridgehead atoms. The Morgan fingerprint density at radius 2 is 1.31 bits per heavy atom. The van der Waals surface area contributed by atoms with Crippen LogP contribution in [0.5, 0.6) is 0 Å². The van der Waals surface area contributed by atoms with Crippen molar-refractivity contribution in [1.82, 2.24) is 10.9 Å². The predicted octanol–water partition coefficient (Wildman–Crippen LogP) is 4.23. The largest absolute Gasteiger partial charge is 0.372 e. The van der Waals surface area contributed by atoms with Crippen LogP contribution < -0.4 is 10.9 Å². The third-order valence-corrected chi connectivity index (χ3v) is 5.14. The maximum absolute atomic E-state index is 13.3. The lowest BCUT2D eigenvalue weighted by Gasteiger charge is -2.29. The number of hydrazine groups is 1. The number of rotatable bonds is 6. The van der Waals surface area contributed by atoms with Crippen LogP contribution in [0.15, 0.2) is 72.8 Å². The molecule has 0 aliphatic heterocycles. The zero-order valence-electron chi connectivity index (χ0n) is 17.4. The van der Waals surface area contributed by atoms with Gasteiger partial charge in [-0.05, 0) is 44.4 Å². The minimum absolute atomic E-state index is 0.113. The summed E-state index contributed by atoms with van der Waals surface area (Å²) >= 11 is 0. The second kappa shape index (κ2) is 8.60. The Hall–Kier alpha value is -2.95. The highest BCUT2D eigenvalue weighted by atomic mass is 16.3. The number of amides is 1. The molecule has 0 aliphatic rings. The smallest absolute Gasteiger partial charge is 0.275 e. The molecule has 4 nitrogen and oxygen atoms in total. The van der Waals surface area contributed by atoms with Crippen LogP contribution in [0.1, 0.15) is 46.3 Å². The van der Waals surface area contributed by atoms with Gasteiger partial charge in [-0.3, -0.25) is 10.2 Å². The number of carbonyl (C=O) groups is 1. The fourth-order valence-electron chi connectivity index (χ4n) is 3.46. The van der Waals surface area contributed by atoms with Crippen molar-refractivity contribution in [3.63, 3.8) is 0 Å². The van der Waals surface area contributed by atoms with Gasteiger partial charge < -0.3 is 5.11 Å². The molecule has 0 saturated heterocycles. The molecule has 0 heterocycles. The van der Waals surface area contributed by atoms with Crippen LogP contribution in [-0.2, 0) is 10.4 Å². The molecule has 0 radical (unpaired) electrons. The van der Waals surface area contributed by atoms with E-state index >= 15 is 0 Å². The normalized spacial score (nSPS) is 12.4. The second-order valence-electron chi connectivity index (χ2n) is 7.68. The number of aliphatic hydroxyl groups is 1. The van der Waals surface area contributed by atoms with E-state index in [-0.39, 0.29) is 6.04 Å². The number of benzene rings is 3. The average Bonchev–Trinajstić information content (AvgIpc) is 2.71. The minimum Gasteiger partial charge on any atom is -0.372 e. The summed E-state index contributed by atoms with van der Waals surface area (Å²) in [5, 5.41) is 11.6. The molecule has 0 unspecified atom stereocenters. The molecule has 0 saturated carbocycles. The van der Waals surface area contributed by atoms with Crippen molar-refractivity contribution >= 4 is 5.91 Å². The zero-order chi connectivity index (χ0) is 21.0. The van der Waals surface area contributed by atoms with E-state index < -0.39 is 11.5 Å². The molecule has 3 rings (SSSR count). The highest BCUT2D eigenvalue weighted by Crippen LogP contribution is 2.31. The summed E-state index contributed by atoms with van der Waals surface area (Å²) in [7, 11) is 0. The maximum atomic E-state index is 13.3. The van der Waals surface area contributed by atoms with Gasteiger partial charge >= 0.3 is 0 Å². The zero-order valence-corrected chi connectivity index (χ0v) is 17.4. The summed E-state index contributed by atoms with van der Waals surface area (Å²) in [6, 6.07) is 22.8. The van der Waals surface area contributed by atoms with Crippen LogP contribution in [0.25, 0.3) is 0 Å². The van der Waals surface area contributed by atoms with Gasteiger partial charge in [0.05, 0.1) is 0 Å². The van der Waals surface area contributed by atoms with E-state index in [0.29, 0.717) is 11.1 Å². The molecule has 150 valence electrons. The van der Waals surface area contributed by atoms with Crippen molar-refractivity contribution < 1.29 is 9.90 Å². The topological polar surface area (TPSA) is 61.4 Å². The van der Waals surface area contributed by atoms with E-state index in [4.69, 9.17) is 0 Å². The number of nitrogens with one attached hydrogen (secondary N) is 2. The van der Waals surface area contributed by atoms with Gasteiger partial charge in [0.1, 0.15) is 0 Å². The van der Waals surface area contributed by atoms with Gasteiger partial charge in [0.25, 0.3) is 5.91 Å². The van der Waals surface area contributed by atoms with Crippen LogP contribution >= 0.6 is 0 Å². The molecule has 1 amide bonds. The SMILES string of the molecule is Cc1cccc([C@H](C)NNC(=O)C(O)(c2cccc(C)c2)c2cccc(C)c2)c1. The molecule has 4 heteroatoms. The van der Waals surface area contributed by atoms with Gasteiger partial charge in [0.2, 0.25) is 0 Å². The lowest BCUT2D eigenvalue weighted by atomic mass is 9.84. The van der Waals surface area contributed by atoms with Crippen molar-refractivity contribution in [1.29, 1.82) is 0 Å². The van der Waals surface area contributed by atoms with Crippen molar-refractivity contribution in [2.45, 2.75) is 39.3 Å². The number of aryl methyl sites for hydroxylation is 3.